The summed E-state index contributed by atoms with van der Waals surface area (Å²) in [6.45, 7) is 4.42. The van der Waals surface area contributed by atoms with Crippen molar-refractivity contribution in [1.82, 2.24) is 10.0 Å². The van der Waals surface area contributed by atoms with Crippen molar-refractivity contribution in [3.63, 3.8) is 0 Å². The summed E-state index contributed by atoms with van der Waals surface area (Å²) in [5, 5.41) is 2.78. The Kier molecular flexibility index (Phi) is 8.40. The van der Waals surface area contributed by atoms with E-state index in [2.05, 4.69) is 10.0 Å². The van der Waals surface area contributed by atoms with Crippen LogP contribution < -0.4 is 10.0 Å². The Balaban J connectivity index is 1.86. The lowest BCUT2D eigenvalue weighted by atomic mass is 10.2. The van der Waals surface area contributed by atoms with Crippen molar-refractivity contribution in [3.05, 3.63) is 29.8 Å². The molecule has 0 aliphatic carbocycles. The highest BCUT2D eigenvalue weighted by atomic mass is 32.2. The van der Waals surface area contributed by atoms with Gasteiger partial charge in [-0.3, -0.25) is 4.79 Å². The third kappa shape index (κ3) is 6.57. The zero-order valence-electron chi connectivity index (χ0n) is 16.3. The van der Waals surface area contributed by atoms with Gasteiger partial charge in [0.15, 0.2) is 6.61 Å². The second kappa shape index (κ2) is 10.5. The molecule has 0 spiro atoms. The van der Waals surface area contributed by atoms with Crippen molar-refractivity contribution >= 4 is 21.9 Å². The van der Waals surface area contributed by atoms with Crippen LogP contribution in [0.2, 0.25) is 0 Å². The average Bonchev–Trinajstić information content (AvgIpc) is 3.22. The lowest BCUT2D eigenvalue weighted by molar-refractivity contribution is -0.125. The molecule has 0 bridgehead atoms. The molecule has 1 atom stereocenters. The van der Waals surface area contributed by atoms with Crippen LogP contribution in [-0.2, 0) is 24.3 Å². The van der Waals surface area contributed by atoms with Crippen molar-refractivity contribution in [2.24, 2.45) is 0 Å². The number of esters is 1. The number of ether oxygens (including phenoxy) is 2. The van der Waals surface area contributed by atoms with E-state index >= 15 is 0 Å². The van der Waals surface area contributed by atoms with E-state index in [1.807, 2.05) is 13.8 Å². The molecule has 0 aromatic heterocycles. The normalized spacial score (nSPS) is 16.9. The van der Waals surface area contributed by atoms with Crippen molar-refractivity contribution in [2.75, 3.05) is 19.8 Å². The highest BCUT2D eigenvalue weighted by Gasteiger charge is 2.21. The van der Waals surface area contributed by atoms with Crippen LogP contribution in [0.4, 0.5) is 0 Å². The van der Waals surface area contributed by atoms with Gasteiger partial charge in [0.25, 0.3) is 5.91 Å². The van der Waals surface area contributed by atoms with Crippen molar-refractivity contribution in [1.29, 1.82) is 0 Å². The first kappa shape index (κ1) is 22.3. The fraction of sp³-hybridized carbons (Fsp3) is 0.579. The number of amides is 1. The second-order valence-corrected chi connectivity index (χ2v) is 8.44. The summed E-state index contributed by atoms with van der Waals surface area (Å²) in [5.74, 6) is -1.05. The predicted molar refractivity (Wildman–Crippen MR) is 103 cm³/mol. The number of nitrogens with one attached hydrogen (secondary N) is 2. The number of sulfonamides is 1. The van der Waals surface area contributed by atoms with Crippen LogP contribution in [0.15, 0.2) is 29.2 Å². The molecule has 28 heavy (non-hydrogen) atoms. The lowest BCUT2D eigenvalue weighted by Gasteiger charge is -2.14. The van der Waals surface area contributed by atoms with Crippen LogP contribution in [0.5, 0.6) is 0 Å². The number of carbonyl (C=O) groups is 2. The smallest absolute Gasteiger partial charge is 0.338 e. The molecule has 1 aliphatic heterocycles. The third-order valence-electron chi connectivity index (χ3n) is 4.61. The minimum Gasteiger partial charge on any atom is -0.452 e. The van der Waals surface area contributed by atoms with Crippen molar-refractivity contribution in [2.45, 2.75) is 56.6 Å². The summed E-state index contributed by atoms with van der Waals surface area (Å²) in [4.78, 5) is 23.9. The molecule has 1 aromatic rings. The lowest BCUT2D eigenvalue weighted by Crippen LogP contribution is -2.36. The number of hydrogen-bond acceptors (Lipinski definition) is 6. The van der Waals surface area contributed by atoms with Crippen LogP contribution in [0.3, 0.4) is 0 Å². The van der Waals surface area contributed by atoms with E-state index in [0.717, 1.165) is 25.7 Å². The standard InChI is InChI=1S/C19H28N2O6S/c1-3-15(4-2)21-18(22)13-27-19(23)14-7-9-17(10-8-14)28(24,25)20-12-16-6-5-11-26-16/h7-10,15-16,20H,3-6,11-13H2,1-2H3,(H,21,22)/t16-/m1/s1. The van der Waals surface area contributed by atoms with Crippen LogP contribution >= 0.6 is 0 Å². The number of carbonyl (C=O) groups excluding carboxylic acids is 2. The zero-order valence-corrected chi connectivity index (χ0v) is 17.1. The molecule has 9 heteroatoms. The summed E-state index contributed by atoms with van der Waals surface area (Å²) in [5.41, 5.74) is 0.174. The maximum atomic E-state index is 12.3. The summed E-state index contributed by atoms with van der Waals surface area (Å²) >= 11 is 0. The average molecular weight is 413 g/mol. The highest BCUT2D eigenvalue weighted by molar-refractivity contribution is 7.89. The fourth-order valence-corrected chi connectivity index (χ4v) is 3.90. The first-order valence-electron chi connectivity index (χ1n) is 9.53. The van der Waals surface area contributed by atoms with Gasteiger partial charge < -0.3 is 14.8 Å². The maximum Gasteiger partial charge on any atom is 0.338 e. The quantitative estimate of drug-likeness (QED) is 0.565. The van der Waals surface area contributed by atoms with Gasteiger partial charge in [0.1, 0.15) is 0 Å². The monoisotopic (exact) mass is 412 g/mol. The summed E-state index contributed by atoms with van der Waals surface area (Å²) in [6.07, 6.45) is 3.26. The number of hydrogen-bond donors (Lipinski definition) is 2. The van der Waals surface area contributed by atoms with E-state index in [9.17, 15) is 18.0 Å². The molecule has 0 saturated carbocycles. The fourth-order valence-electron chi connectivity index (χ4n) is 2.84. The minimum absolute atomic E-state index is 0.0496. The van der Waals surface area contributed by atoms with E-state index in [-0.39, 0.29) is 41.7 Å². The second-order valence-electron chi connectivity index (χ2n) is 6.67. The van der Waals surface area contributed by atoms with E-state index in [4.69, 9.17) is 9.47 Å². The Morgan fingerprint density at radius 3 is 2.46 bits per heavy atom. The predicted octanol–water partition coefficient (Wildman–Crippen LogP) is 1.61. The molecule has 1 amide bonds. The Morgan fingerprint density at radius 2 is 1.89 bits per heavy atom. The minimum atomic E-state index is -3.68. The van der Waals surface area contributed by atoms with Gasteiger partial charge in [0, 0.05) is 19.2 Å². The van der Waals surface area contributed by atoms with Gasteiger partial charge in [0.05, 0.1) is 16.6 Å². The van der Waals surface area contributed by atoms with Gasteiger partial charge in [-0.1, -0.05) is 13.8 Å². The molecular weight excluding hydrogens is 384 g/mol. The molecule has 156 valence electrons. The molecule has 1 fully saturated rings. The van der Waals surface area contributed by atoms with Crippen LogP contribution in [0, 0.1) is 0 Å². The van der Waals surface area contributed by atoms with E-state index in [0.29, 0.717) is 6.61 Å². The number of rotatable bonds is 10. The Bertz CT molecular complexity index is 753. The molecule has 2 rings (SSSR count). The molecule has 0 radical (unpaired) electrons. The van der Waals surface area contributed by atoms with Crippen molar-refractivity contribution in [3.8, 4) is 0 Å². The van der Waals surface area contributed by atoms with Gasteiger partial charge in [-0.2, -0.15) is 0 Å². The summed E-state index contributed by atoms with van der Waals surface area (Å²) < 4.78 is 37.5. The first-order chi connectivity index (χ1) is 13.4. The number of benzene rings is 1. The Morgan fingerprint density at radius 1 is 1.21 bits per heavy atom. The molecule has 1 saturated heterocycles. The zero-order chi connectivity index (χ0) is 20.6. The largest absolute Gasteiger partial charge is 0.452 e. The molecule has 1 heterocycles. The van der Waals surface area contributed by atoms with Crippen molar-refractivity contribution < 1.29 is 27.5 Å². The highest BCUT2D eigenvalue weighted by Crippen LogP contribution is 2.14. The third-order valence-corrected chi connectivity index (χ3v) is 6.05. The van der Waals surface area contributed by atoms with Gasteiger partial charge >= 0.3 is 5.97 Å². The molecule has 1 aromatic carbocycles. The van der Waals surface area contributed by atoms with Gasteiger partial charge in [-0.25, -0.2) is 17.9 Å². The Labute approximate surface area is 166 Å². The van der Waals surface area contributed by atoms with E-state index in [1.165, 1.54) is 24.3 Å². The maximum absolute atomic E-state index is 12.3. The van der Waals surface area contributed by atoms with Gasteiger partial charge in [0.2, 0.25) is 10.0 Å². The van der Waals surface area contributed by atoms with Gasteiger partial charge in [-0.05, 0) is 49.9 Å². The van der Waals surface area contributed by atoms with Crippen LogP contribution in [-0.4, -0.2) is 52.2 Å². The van der Waals surface area contributed by atoms with E-state index in [1.54, 1.807) is 0 Å². The molecule has 1 aliphatic rings. The van der Waals surface area contributed by atoms with Crippen LogP contribution in [0.1, 0.15) is 49.9 Å². The molecule has 2 N–H and O–H groups in total. The first-order valence-corrected chi connectivity index (χ1v) is 11.0. The molecule has 8 nitrogen and oxygen atoms in total. The van der Waals surface area contributed by atoms with Gasteiger partial charge in [-0.15, -0.1) is 0 Å². The molecular formula is C19H28N2O6S. The van der Waals surface area contributed by atoms with Crippen LogP contribution in [0.25, 0.3) is 0 Å². The SMILES string of the molecule is CCC(CC)NC(=O)COC(=O)c1ccc(S(=O)(=O)NC[C@H]2CCCO2)cc1. The topological polar surface area (TPSA) is 111 Å². The molecule has 0 unspecified atom stereocenters. The summed E-state index contributed by atoms with van der Waals surface area (Å²) in [7, 11) is -3.68. The van der Waals surface area contributed by atoms with E-state index < -0.39 is 16.0 Å². The Hall–Kier alpha value is -1.97. The summed E-state index contributed by atoms with van der Waals surface area (Å²) in [6, 6.07) is 5.44.